The lowest BCUT2D eigenvalue weighted by Crippen LogP contribution is -1.98. The van der Waals surface area contributed by atoms with Crippen LogP contribution in [-0.2, 0) is 6.54 Å². The minimum absolute atomic E-state index is 0.421. The molecule has 0 aliphatic rings. The Morgan fingerprint density at radius 3 is 2.29 bits per heavy atom. The van der Waals surface area contributed by atoms with Crippen molar-refractivity contribution in [2.24, 2.45) is 5.73 Å². The third kappa shape index (κ3) is 3.13. The maximum atomic E-state index is 5.90. The predicted molar refractivity (Wildman–Crippen MR) is 70.9 cm³/mol. The van der Waals surface area contributed by atoms with Crippen LogP contribution in [0.1, 0.15) is 5.56 Å². The number of ether oxygens (including phenoxy) is 1. The molecule has 0 aromatic heterocycles. The van der Waals surface area contributed by atoms with Crippen molar-refractivity contribution in [2.45, 2.75) is 6.54 Å². The van der Waals surface area contributed by atoms with Crippen molar-refractivity contribution < 1.29 is 4.74 Å². The van der Waals surface area contributed by atoms with Crippen molar-refractivity contribution in [3.05, 3.63) is 58.1 Å². The highest BCUT2D eigenvalue weighted by molar-refractivity contribution is 6.34. The monoisotopic (exact) mass is 267 g/mol. The van der Waals surface area contributed by atoms with E-state index in [1.807, 2.05) is 24.3 Å². The molecule has 0 radical (unpaired) electrons. The van der Waals surface area contributed by atoms with Crippen molar-refractivity contribution in [3.8, 4) is 11.5 Å². The number of hydrogen-bond acceptors (Lipinski definition) is 2. The van der Waals surface area contributed by atoms with E-state index < -0.39 is 0 Å². The lowest BCUT2D eigenvalue weighted by atomic mass is 10.2. The summed E-state index contributed by atoms with van der Waals surface area (Å²) >= 11 is 11.8. The van der Waals surface area contributed by atoms with Crippen LogP contribution in [0.15, 0.2) is 42.5 Å². The van der Waals surface area contributed by atoms with Crippen LogP contribution in [0.5, 0.6) is 11.5 Å². The van der Waals surface area contributed by atoms with Crippen molar-refractivity contribution in [1.82, 2.24) is 0 Å². The van der Waals surface area contributed by atoms with Crippen LogP contribution < -0.4 is 10.5 Å². The largest absolute Gasteiger partial charge is 0.457 e. The van der Waals surface area contributed by atoms with E-state index >= 15 is 0 Å². The molecule has 2 nitrogen and oxygen atoms in total. The molecular weight excluding hydrogens is 257 g/mol. The summed E-state index contributed by atoms with van der Waals surface area (Å²) in [5.74, 6) is 1.32. The maximum Gasteiger partial charge on any atom is 0.131 e. The summed E-state index contributed by atoms with van der Waals surface area (Å²) in [7, 11) is 0. The number of rotatable bonds is 3. The highest BCUT2D eigenvalue weighted by Crippen LogP contribution is 2.29. The van der Waals surface area contributed by atoms with Gasteiger partial charge in [-0.25, -0.2) is 0 Å². The van der Waals surface area contributed by atoms with Crippen LogP contribution in [0.2, 0.25) is 10.0 Å². The Balaban J connectivity index is 2.31. The van der Waals surface area contributed by atoms with Gasteiger partial charge < -0.3 is 10.5 Å². The zero-order chi connectivity index (χ0) is 12.3. The Hall–Kier alpha value is -1.22. The fourth-order valence-electron chi connectivity index (χ4n) is 1.49. The summed E-state index contributed by atoms with van der Waals surface area (Å²) in [6, 6.07) is 12.7. The summed E-state index contributed by atoms with van der Waals surface area (Å²) in [6.45, 7) is 0.421. The Kier molecular flexibility index (Phi) is 3.89. The summed E-state index contributed by atoms with van der Waals surface area (Å²) in [5.41, 5.74) is 6.57. The topological polar surface area (TPSA) is 35.2 Å². The average molecular weight is 268 g/mol. The fraction of sp³-hybridized carbons (Fsp3) is 0.0769. The fourth-order valence-corrected chi connectivity index (χ4v) is 1.99. The molecule has 2 aromatic carbocycles. The van der Waals surface area contributed by atoms with Gasteiger partial charge in [-0.1, -0.05) is 41.4 Å². The molecule has 0 heterocycles. The number of halogens is 2. The van der Waals surface area contributed by atoms with Crippen LogP contribution in [0.25, 0.3) is 0 Å². The molecule has 17 heavy (non-hydrogen) atoms. The molecule has 0 saturated heterocycles. The van der Waals surface area contributed by atoms with Gasteiger partial charge in [0.25, 0.3) is 0 Å². The van der Waals surface area contributed by atoms with Crippen molar-refractivity contribution in [2.75, 3.05) is 0 Å². The number of para-hydroxylation sites is 1. The zero-order valence-corrected chi connectivity index (χ0v) is 10.5. The standard InChI is InChI=1S/C13H11Cl2NO/c14-10-5-11(15)7-12(6-10)17-13-4-2-1-3-9(13)8-16/h1-7H,8,16H2. The minimum Gasteiger partial charge on any atom is -0.457 e. The third-order valence-corrected chi connectivity index (χ3v) is 2.69. The van der Waals surface area contributed by atoms with Crippen LogP contribution in [0.4, 0.5) is 0 Å². The molecule has 0 unspecified atom stereocenters. The molecule has 2 aromatic rings. The SMILES string of the molecule is NCc1ccccc1Oc1cc(Cl)cc(Cl)c1. The van der Waals surface area contributed by atoms with Crippen LogP contribution >= 0.6 is 23.2 Å². The van der Waals surface area contributed by atoms with Crippen LogP contribution in [0.3, 0.4) is 0 Å². The Bertz CT molecular complexity index is 508. The molecule has 0 fully saturated rings. The van der Waals surface area contributed by atoms with E-state index in [9.17, 15) is 0 Å². The summed E-state index contributed by atoms with van der Waals surface area (Å²) in [6.07, 6.45) is 0. The van der Waals surface area contributed by atoms with E-state index in [4.69, 9.17) is 33.7 Å². The lowest BCUT2D eigenvalue weighted by Gasteiger charge is -2.10. The third-order valence-electron chi connectivity index (χ3n) is 2.26. The summed E-state index contributed by atoms with van der Waals surface area (Å²) < 4.78 is 5.71. The van der Waals surface area contributed by atoms with E-state index in [1.54, 1.807) is 18.2 Å². The van der Waals surface area contributed by atoms with Gasteiger partial charge in [0, 0.05) is 22.2 Å². The van der Waals surface area contributed by atoms with E-state index in [0.29, 0.717) is 28.1 Å². The van der Waals surface area contributed by atoms with Crippen molar-refractivity contribution in [3.63, 3.8) is 0 Å². The van der Waals surface area contributed by atoms with Gasteiger partial charge in [0.15, 0.2) is 0 Å². The van der Waals surface area contributed by atoms with E-state index in [-0.39, 0.29) is 0 Å². The Morgan fingerprint density at radius 2 is 1.65 bits per heavy atom. The second-order valence-corrected chi connectivity index (χ2v) is 4.39. The second-order valence-electron chi connectivity index (χ2n) is 3.52. The predicted octanol–water partition coefficient (Wildman–Crippen LogP) is 4.24. The lowest BCUT2D eigenvalue weighted by molar-refractivity contribution is 0.476. The number of benzene rings is 2. The molecule has 0 bridgehead atoms. The van der Waals surface area contributed by atoms with Gasteiger partial charge in [-0.2, -0.15) is 0 Å². The molecule has 0 spiro atoms. The Labute approximate surface area is 110 Å². The van der Waals surface area contributed by atoms with Crippen LogP contribution in [0, 0.1) is 0 Å². The number of nitrogens with two attached hydrogens (primary N) is 1. The quantitative estimate of drug-likeness (QED) is 0.903. The van der Waals surface area contributed by atoms with Gasteiger partial charge in [0.05, 0.1) is 0 Å². The molecule has 4 heteroatoms. The van der Waals surface area contributed by atoms with Gasteiger partial charge in [0.2, 0.25) is 0 Å². The first-order valence-electron chi connectivity index (χ1n) is 5.11. The normalized spacial score (nSPS) is 10.3. The molecule has 0 aliphatic carbocycles. The van der Waals surface area contributed by atoms with Gasteiger partial charge in [-0.05, 0) is 24.3 Å². The highest BCUT2D eigenvalue weighted by atomic mass is 35.5. The number of hydrogen-bond donors (Lipinski definition) is 1. The minimum atomic E-state index is 0.421. The van der Waals surface area contributed by atoms with Gasteiger partial charge >= 0.3 is 0 Å². The molecule has 0 saturated carbocycles. The molecule has 2 N–H and O–H groups in total. The van der Waals surface area contributed by atoms with Crippen LogP contribution in [-0.4, -0.2) is 0 Å². The molecule has 88 valence electrons. The first-order chi connectivity index (χ1) is 8.19. The second kappa shape index (κ2) is 5.41. The molecule has 2 rings (SSSR count). The highest BCUT2D eigenvalue weighted by Gasteiger charge is 2.04. The smallest absolute Gasteiger partial charge is 0.131 e. The first-order valence-corrected chi connectivity index (χ1v) is 5.86. The summed E-state index contributed by atoms with van der Waals surface area (Å²) in [5, 5.41) is 1.08. The van der Waals surface area contributed by atoms with Crippen molar-refractivity contribution >= 4 is 23.2 Å². The van der Waals surface area contributed by atoms with E-state index in [1.165, 1.54) is 0 Å². The molecule has 0 amide bonds. The van der Waals surface area contributed by atoms with Crippen molar-refractivity contribution in [1.29, 1.82) is 0 Å². The molecular formula is C13H11Cl2NO. The molecule has 0 atom stereocenters. The molecule has 0 aliphatic heterocycles. The first kappa shape index (κ1) is 12.2. The summed E-state index contributed by atoms with van der Waals surface area (Å²) in [4.78, 5) is 0. The van der Waals surface area contributed by atoms with E-state index in [2.05, 4.69) is 0 Å². The Morgan fingerprint density at radius 1 is 1.00 bits per heavy atom. The van der Waals surface area contributed by atoms with E-state index in [0.717, 1.165) is 5.56 Å². The average Bonchev–Trinajstić information content (AvgIpc) is 2.28. The maximum absolute atomic E-state index is 5.90. The van der Waals surface area contributed by atoms with Gasteiger partial charge in [-0.15, -0.1) is 0 Å². The zero-order valence-electron chi connectivity index (χ0n) is 8.99. The van der Waals surface area contributed by atoms with Gasteiger partial charge in [-0.3, -0.25) is 0 Å². The van der Waals surface area contributed by atoms with Gasteiger partial charge in [0.1, 0.15) is 11.5 Å².